The minimum Gasteiger partial charge on any atom is -0.378 e. The van der Waals surface area contributed by atoms with Gasteiger partial charge in [-0.3, -0.25) is 4.79 Å². The first-order valence-electron chi connectivity index (χ1n) is 8.25. The van der Waals surface area contributed by atoms with Gasteiger partial charge in [0.2, 0.25) is 0 Å². The lowest BCUT2D eigenvalue weighted by Gasteiger charge is -2.28. The first-order valence-corrected chi connectivity index (χ1v) is 8.25. The molecule has 1 saturated carbocycles. The standard InChI is InChI=1S/C18H28N2O2/c1-14-7-4-5-10-17(14)22-12-11-19-18(21)15-8-6-9-16(13-15)20(2)3/h6,8-9,13-14,17H,4-5,7,10-12H2,1-3H3,(H,19,21). The van der Waals surface area contributed by atoms with E-state index in [1.165, 1.54) is 19.3 Å². The maximum Gasteiger partial charge on any atom is 0.251 e. The lowest BCUT2D eigenvalue weighted by Crippen LogP contribution is -2.31. The van der Waals surface area contributed by atoms with Crippen molar-refractivity contribution in [2.45, 2.75) is 38.7 Å². The van der Waals surface area contributed by atoms with Crippen LogP contribution in [0.25, 0.3) is 0 Å². The molecule has 0 aromatic heterocycles. The lowest BCUT2D eigenvalue weighted by molar-refractivity contribution is -0.00293. The fourth-order valence-corrected chi connectivity index (χ4v) is 2.93. The molecular weight excluding hydrogens is 276 g/mol. The molecule has 122 valence electrons. The first-order chi connectivity index (χ1) is 10.6. The summed E-state index contributed by atoms with van der Waals surface area (Å²) >= 11 is 0. The third kappa shape index (κ3) is 4.73. The Labute approximate surface area is 133 Å². The fourth-order valence-electron chi connectivity index (χ4n) is 2.93. The van der Waals surface area contributed by atoms with Crippen LogP contribution in [0.1, 0.15) is 43.0 Å². The number of carbonyl (C=O) groups is 1. The molecule has 2 rings (SSSR count). The van der Waals surface area contributed by atoms with Crippen LogP contribution in [0.5, 0.6) is 0 Å². The van der Waals surface area contributed by atoms with Crippen molar-refractivity contribution >= 4 is 11.6 Å². The third-order valence-corrected chi connectivity index (χ3v) is 4.38. The van der Waals surface area contributed by atoms with Gasteiger partial charge in [0, 0.05) is 31.9 Å². The van der Waals surface area contributed by atoms with Gasteiger partial charge in [0.05, 0.1) is 12.7 Å². The minimum absolute atomic E-state index is 0.0380. The van der Waals surface area contributed by atoms with Gasteiger partial charge >= 0.3 is 0 Å². The number of nitrogens with one attached hydrogen (secondary N) is 1. The van der Waals surface area contributed by atoms with Crippen LogP contribution >= 0.6 is 0 Å². The van der Waals surface area contributed by atoms with E-state index in [9.17, 15) is 4.79 Å². The average Bonchev–Trinajstić information content (AvgIpc) is 2.53. The quantitative estimate of drug-likeness (QED) is 0.821. The molecule has 0 heterocycles. The van der Waals surface area contributed by atoms with Crippen molar-refractivity contribution in [2.75, 3.05) is 32.1 Å². The van der Waals surface area contributed by atoms with E-state index in [2.05, 4.69) is 12.2 Å². The highest BCUT2D eigenvalue weighted by atomic mass is 16.5. The van der Waals surface area contributed by atoms with E-state index in [-0.39, 0.29) is 5.91 Å². The summed E-state index contributed by atoms with van der Waals surface area (Å²) in [6.07, 6.45) is 5.36. The van der Waals surface area contributed by atoms with Gasteiger partial charge in [-0.05, 0) is 37.0 Å². The number of carbonyl (C=O) groups excluding carboxylic acids is 1. The molecule has 1 aliphatic carbocycles. The van der Waals surface area contributed by atoms with Gasteiger partial charge in [0.1, 0.15) is 0 Å². The van der Waals surface area contributed by atoms with Crippen LogP contribution in [0.4, 0.5) is 5.69 Å². The molecule has 1 amide bonds. The molecule has 2 unspecified atom stereocenters. The Morgan fingerprint density at radius 2 is 2.09 bits per heavy atom. The zero-order valence-electron chi connectivity index (χ0n) is 14.0. The number of rotatable bonds is 6. The molecule has 0 radical (unpaired) electrons. The Morgan fingerprint density at radius 1 is 1.32 bits per heavy atom. The smallest absolute Gasteiger partial charge is 0.251 e. The Bertz CT molecular complexity index is 488. The van der Waals surface area contributed by atoms with E-state index in [4.69, 9.17) is 4.74 Å². The topological polar surface area (TPSA) is 41.6 Å². The second-order valence-electron chi connectivity index (χ2n) is 6.37. The lowest BCUT2D eigenvalue weighted by atomic mass is 9.88. The number of nitrogens with zero attached hydrogens (tertiary/aromatic N) is 1. The van der Waals surface area contributed by atoms with E-state index in [1.807, 2.05) is 43.3 Å². The summed E-state index contributed by atoms with van der Waals surface area (Å²) in [5.41, 5.74) is 1.72. The summed E-state index contributed by atoms with van der Waals surface area (Å²) in [4.78, 5) is 14.1. The number of hydrogen-bond acceptors (Lipinski definition) is 3. The van der Waals surface area contributed by atoms with Gasteiger partial charge in [0.15, 0.2) is 0 Å². The molecule has 0 saturated heterocycles. The van der Waals surface area contributed by atoms with Crippen LogP contribution in [0.3, 0.4) is 0 Å². The van der Waals surface area contributed by atoms with E-state index >= 15 is 0 Å². The van der Waals surface area contributed by atoms with Crippen LogP contribution in [-0.4, -0.2) is 39.3 Å². The van der Waals surface area contributed by atoms with E-state index < -0.39 is 0 Å². The van der Waals surface area contributed by atoms with Gasteiger partial charge in [-0.15, -0.1) is 0 Å². The van der Waals surface area contributed by atoms with Crippen molar-refractivity contribution in [3.05, 3.63) is 29.8 Å². The number of ether oxygens (including phenoxy) is 1. The molecule has 0 bridgehead atoms. The van der Waals surface area contributed by atoms with E-state index in [0.29, 0.717) is 30.7 Å². The second kappa shape index (κ2) is 8.18. The highest BCUT2D eigenvalue weighted by Gasteiger charge is 2.21. The van der Waals surface area contributed by atoms with Crippen molar-refractivity contribution in [3.63, 3.8) is 0 Å². The number of hydrogen-bond donors (Lipinski definition) is 1. The molecule has 1 aromatic rings. The van der Waals surface area contributed by atoms with Crippen molar-refractivity contribution in [1.29, 1.82) is 0 Å². The second-order valence-corrected chi connectivity index (χ2v) is 6.37. The van der Waals surface area contributed by atoms with Gasteiger partial charge in [-0.2, -0.15) is 0 Å². The van der Waals surface area contributed by atoms with Gasteiger partial charge < -0.3 is 15.0 Å². The van der Waals surface area contributed by atoms with Gasteiger partial charge in [-0.1, -0.05) is 25.8 Å². The molecule has 22 heavy (non-hydrogen) atoms. The first kappa shape index (κ1) is 16.8. The van der Waals surface area contributed by atoms with Crippen LogP contribution < -0.4 is 10.2 Å². The predicted octanol–water partition coefficient (Wildman–Crippen LogP) is 3.08. The Morgan fingerprint density at radius 3 is 2.82 bits per heavy atom. The summed E-state index contributed by atoms with van der Waals surface area (Å²) in [6, 6.07) is 7.64. The predicted molar refractivity (Wildman–Crippen MR) is 90.5 cm³/mol. The van der Waals surface area contributed by atoms with Crippen molar-refractivity contribution in [1.82, 2.24) is 5.32 Å². The molecular formula is C18H28N2O2. The van der Waals surface area contributed by atoms with Crippen LogP contribution in [-0.2, 0) is 4.74 Å². The van der Waals surface area contributed by atoms with Crippen LogP contribution in [0, 0.1) is 5.92 Å². The van der Waals surface area contributed by atoms with Crippen LogP contribution in [0.15, 0.2) is 24.3 Å². The number of anilines is 1. The number of benzene rings is 1. The average molecular weight is 304 g/mol. The molecule has 0 aliphatic heterocycles. The van der Waals surface area contributed by atoms with Gasteiger partial charge in [-0.25, -0.2) is 0 Å². The van der Waals surface area contributed by atoms with Crippen molar-refractivity contribution in [3.8, 4) is 0 Å². The van der Waals surface area contributed by atoms with E-state index in [1.54, 1.807) is 0 Å². The van der Waals surface area contributed by atoms with Crippen LogP contribution in [0.2, 0.25) is 0 Å². The Kier molecular flexibility index (Phi) is 6.25. The molecule has 1 aliphatic rings. The molecule has 0 spiro atoms. The fraction of sp³-hybridized carbons (Fsp3) is 0.611. The molecule has 4 heteroatoms. The maximum absolute atomic E-state index is 12.1. The molecule has 1 aromatic carbocycles. The summed E-state index contributed by atoms with van der Waals surface area (Å²) in [5.74, 6) is 0.602. The summed E-state index contributed by atoms with van der Waals surface area (Å²) in [7, 11) is 3.94. The van der Waals surface area contributed by atoms with Crippen molar-refractivity contribution in [2.24, 2.45) is 5.92 Å². The Hall–Kier alpha value is -1.55. The molecule has 2 atom stereocenters. The monoisotopic (exact) mass is 304 g/mol. The summed E-state index contributed by atoms with van der Waals surface area (Å²) in [5, 5.41) is 2.94. The number of amides is 1. The maximum atomic E-state index is 12.1. The van der Waals surface area contributed by atoms with Crippen molar-refractivity contribution < 1.29 is 9.53 Å². The minimum atomic E-state index is -0.0380. The third-order valence-electron chi connectivity index (χ3n) is 4.38. The molecule has 1 N–H and O–H groups in total. The summed E-state index contributed by atoms with van der Waals surface area (Å²) < 4.78 is 5.92. The van der Waals surface area contributed by atoms with E-state index in [0.717, 1.165) is 12.1 Å². The Balaban J connectivity index is 1.74. The highest BCUT2D eigenvalue weighted by Crippen LogP contribution is 2.25. The van der Waals surface area contributed by atoms with Gasteiger partial charge in [0.25, 0.3) is 5.91 Å². The molecule has 1 fully saturated rings. The zero-order chi connectivity index (χ0) is 15.9. The molecule has 4 nitrogen and oxygen atoms in total. The zero-order valence-corrected chi connectivity index (χ0v) is 14.0. The highest BCUT2D eigenvalue weighted by molar-refractivity contribution is 5.95. The normalized spacial score (nSPS) is 21.4. The summed E-state index contributed by atoms with van der Waals surface area (Å²) in [6.45, 7) is 3.41. The SMILES string of the molecule is CC1CCCCC1OCCNC(=O)c1cccc(N(C)C)c1. The largest absolute Gasteiger partial charge is 0.378 e.